The van der Waals surface area contributed by atoms with Crippen molar-refractivity contribution in [1.29, 1.82) is 0 Å². The van der Waals surface area contributed by atoms with Crippen molar-refractivity contribution in [1.82, 2.24) is 10.3 Å². The number of nitrogens with one attached hydrogen (secondary N) is 1. The zero-order valence-electron chi connectivity index (χ0n) is 11.6. The van der Waals surface area contributed by atoms with Crippen LogP contribution in [0.15, 0.2) is 18.2 Å². The van der Waals surface area contributed by atoms with E-state index < -0.39 is 0 Å². The molecule has 94 valence electrons. The summed E-state index contributed by atoms with van der Waals surface area (Å²) in [7, 11) is 4.02. The van der Waals surface area contributed by atoms with Crippen molar-refractivity contribution in [3.05, 3.63) is 35.0 Å². The van der Waals surface area contributed by atoms with Crippen molar-refractivity contribution in [2.24, 2.45) is 0 Å². The van der Waals surface area contributed by atoms with Crippen LogP contribution in [-0.2, 0) is 6.54 Å². The minimum atomic E-state index is 0.840. The largest absolute Gasteiger partial charge is 0.355 e. The van der Waals surface area contributed by atoms with E-state index in [4.69, 9.17) is 0 Å². The Morgan fingerprint density at radius 1 is 1.47 bits per heavy atom. The summed E-state index contributed by atoms with van der Waals surface area (Å²) in [6, 6.07) is 2.13. The molecule has 17 heavy (non-hydrogen) atoms. The standard InChI is InChI=1S/C14H23N3/c1-10(2)9-17(6)14-13(8-15-5)11(3)7-12(4)16-14/h7,15H,1,8-9H2,2-6H3. The molecule has 1 heterocycles. The average Bonchev–Trinajstić information content (AvgIpc) is 2.20. The van der Waals surface area contributed by atoms with Gasteiger partial charge in [-0.1, -0.05) is 12.2 Å². The maximum atomic E-state index is 4.65. The Hall–Kier alpha value is -1.35. The van der Waals surface area contributed by atoms with Gasteiger partial charge < -0.3 is 10.2 Å². The Morgan fingerprint density at radius 3 is 2.65 bits per heavy atom. The topological polar surface area (TPSA) is 28.2 Å². The SMILES string of the molecule is C=C(C)CN(C)c1nc(C)cc(C)c1CNC. The third kappa shape index (κ3) is 3.56. The lowest BCUT2D eigenvalue weighted by Gasteiger charge is -2.23. The van der Waals surface area contributed by atoms with E-state index in [0.717, 1.165) is 30.2 Å². The highest BCUT2D eigenvalue weighted by atomic mass is 15.2. The summed E-state index contributed by atoms with van der Waals surface area (Å²) in [5.41, 5.74) is 4.76. The summed E-state index contributed by atoms with van der Waals surface area (Å²) >= 11 is 0. The van der Waals surface area contributed by atoms with E-state index in [2.05, 4.69) is 41.8 Å². The molecule has 0 saturated carbocycles. The number of likely N-dealkylation sites (N-methyl/N-ethyl adjacent to an activating group) is 1. The molecule has 0 bridgehead atoms. The van der Waals surface area contributed by atoms with E-state index in [1.54, 1.807) is 0 Å². The molecule has 1 N–H and O–H groups in total. The number of aromatic nitrogens is 1. The first-order chi connectivity index (χ1) is 7.95. The molecular weight excluding hydrogens is 210 g/mol. The summed E-state index contributed by atoms with van der Waals surface area (Å²) in [6.07, 6.45) is 0. The molecule has 0 aromatic carbocycles. The van der Waals surface area contributed by atoms with Gasteiger partial charge in [0, 0.05) is 31.4 Å². The fourth-order valence-electron chi connectivity index (χ4n) is 2.03. The molecule has 1 aromatic rings. The van der Waals surface area contributed by atoms with Gasteiger partial charge in [-0.15, -0.1) is 0 Å². The van der Waals surface area contributed by atoms with Gasteiger partial charge in [-0.05, 0) is 39.4 Å². The van der Waals surface area contributed by atoms with Gasteiger partial charge in [0.05, 0.1) is 0 Å². The lowest BCUT2D eigenvalue weighted by Crippen LogP contribution is -2.24. The lowest BCUT2D eigenvalue weighted by molar-refractivity contribution is 0.794. The maximum absolute atomic E-state index is 4.65. The van der Waals surface area contributed by atoms with Gasteiger partial charge in [-0.25, -0.2) is 4.98 Å². The number of hydrogen-bond donors (Lipinski definition) is 1. The smallest absolute Gasteiger partial charge is 0.133 e. The van der Waals surface area contributed by atoms with E-state index in [0.29, 0.717) is 0 Å². The molecule has 0 saturated heterocycles. The molecule has 1 rings (SSSR count). The highest BCUT2D eigenvalue weighted by Gasteiger charge is 2.12. The maximum Gasteiger partial charge on any atom is 0.133 e. The average molecular weight is 233 g/mol. The monoisotopic (exact) mass is 233 g/mol. The number of nitrogens with zero attached hydrogens (tertiary/aromatic N) is 2. The Morgan fingerprint density at radius 2 is 2.12 bits per heavy atom. The zero-order chi connectivity index (χ0) is 13.0. The summed E-state index contributed by atoms with van der Waals surface area (Å²) < 4.78 is 0. The van der Waals surface area contributed by atoms with Gasteiger partial charge in [-0.2, -0.15) is 0 Å². The van der Waals surface area contributed by atoms with E-state index >= 15 is 0 Å². The molecule has 0 aliphatic carbocycles. The Bertz CT molecular complexity index is 410. The van der Waals surface area contributed by atoms with Gasteiger partial charge in [0.2, 0.25) is 0 Å². The summed E-state index contributed by atoms with van der Waals surface area (Å²) in [5, 5.41) is 3.20. The van der Waals surface area contributed by atoms with Crippen molar-refractivity contribution < 1.29 is 0 Å². The molecule has 0 aliphatic rings. The number of rotatable bonds is 5. The van der Waals surface area contributed by atoms with Crippen molar-refractivity contribution in [2.45, 2.75) is 27.3 Å². The molecule has 0 radical (unpaired) electrons. The fraction of sp³-hybridized carbons (Fsp3) is 0.500. The van der Waals surface area contributed by atoms with Crippen molar-refractivity contribution >= 4 is 5.82 Å². The number of anilines is 1. The number of hydrogen-bond acceptors (Lipinski definition) is 3. The van der Waals surface area contributed by atoms with Gasteiger partial charge in [0.1, 0.15) is 5.82 Å². The summed E-state index contributed by atoms with van der Waals surface area (Å²) in [5.74, 6) is 1.06. The first-order valence-electron chi connectivity index (χ1n) is 5.93. The third-order valence-corrected chi connectivity index (χ3v) is 2.68. The zero-order valence-corrected chi connectivity index (χ0v) is 11.6. The van der Waals surface area contributed by atoms with Crippen LogP contribution in [0, 0.1) is 13.8 Å². The van der Waals surface area contributed by atoms with E-state index in [9.17, 15) is 0 Å². The molecule has 0 fully saturated rings. The molecule has 0 atom stereocenters. The highest BCUT2D eigenvalue weighted by molar-refractivity contribution is 5.51. The van der Waals surface area contributed by atoms with Crippen LogP contribution in [0.5, 0.6) is 0 Å². The molecule has 0 unspecified atom stereocenters. The molecule has 3 nitrogen and oxygen atoms in total. The second-order valence-corrected chi connectivity index (χ2v) is 4.73. The molecule has 1 aromatic heterocycles. The van der Waals surface area contributed by atoms with Gasteiger partial charge in [-0.3, -0.25) is 0 Å². The van der Waals surface area contributed by atoms with Crippen LogP contribution in [0.25, 0.3) is 0 Å². The first kappa shape index (κ1) is 13.7. The van der Waals surface area contributed by atoms with Crippen LogP contribution >= 0.6 is 0 Å². The van der Waals surface area contributed by atoms with E-state index in [1.165, 1.54) is 11.1 Å². The molecule has 0 spiro atoms. The second-order valence-electron chi connectivity index (χ2n) is 4.73. The molecule has 3 heteroatoms. The van der Waals surface area contributed by atoms with Crippen molar-refractivity contribution in [3.63, 3.8) is 0 Å². The van der Waals surface area contributed by atoms with E-state index in [1.807, 2.05) is 20.9 Å². The van der Waals surface area contributed by atoms with Gasteiger partial charge >= 0.3 is 0 Å². The minimum absolute atomic E-state index is 0.840. The minimum Gasteiger partial charge on any atom is -0.355 e. The van der Waals surface area contributed by atoms with E-state index in [-0.39, 0.29) is 0 Å². The quantitative estimate of drug-likeness (QED) is 0.792. The number of pyridine rings is 1. The normalized spacial score (nSPS) is 10.4. The van der Waals surface area contributed by atoms with Crippen molar-refractivity contribution in [3.8, 4) is 0 Å². The summed E-state index contributed by atoms with van der Waals surface area (Å²) in [4.78, 5) is 6.81. The molecule has 0 aliphatic heterocycles. The van der Waals surface area contributed by atoms with Crippen LogP contribution < -0.4 is 10.2 Å². The Kier molecular flexibility index (Phi) is 4.70. The summed E-state index contributed by atoms with van der Waals surface area (Å²) in [6.45, 7) is 11.9. The lowest BCUT2D eigenvalue weighted by atomic mass is 10.1. The van der Waals surface area contributed by atoms with Crippen LogP contribution in [-0.4, -0.2) is 25.6 Å². The second kappa shape index (κ2) is 5.82. The molecular formula is C14H23N3. The molecule has 0 amide bonds. The van der Waals surface area contributed by atoms with Crippen LogP contribution in [0.1, 0.15) is 23.7 Å². The number of aryl methyl sites for hydroxylation is 2. The Balaban J connectivity index is 3.14. The third-order valence-electron chi connectivity index (χ3n) is 2.68. The van der Waals surface area contributed by atoms with Crippen LogP contribution in [0.4, 0.5) is 5.82 Å². The van der Waals surface area contributed by atoms with Crippen LogP contribution in [0.3, 0.4) is 0 Å². The highest BCUT2D eigenvalue weighted by Crippen LogP contribution is 2.22. The first-order valence-corrected chi connectivity index (χ1v) is 5.93. The van der Waals surface area contributed by atoms with Gasteiger partial charge in [0.15, 0.2) is 0 Å². The Labute approximate surface area is 105 Å². The van der Waals surface area contributed by atoms with Gasteiger partial charge in [0.25, 0.3) is 0 Å². The fourth-order valence-corrected chi connectivity index (χ4v) is 2.03. The van der Waals surface area contributed by atoms with Crippen molar-refractivity contribution in [2.75, 3.05) is 25.5 Å². The predicted molar refractivity (Wildman–Crippen MR) is 74.6 cm³/mol. The predicted octanol–water partition coefficient (Wildman–Crippen LogP) is 2.43. The van der Waals surface area contributed by atoms with Crippen LogP contribution in [0.2, 0.25) is 0 Å².